The summed E-state index contributed by atoms with van der Waals surface area (Å²) >= 11 is 0. The van der Waals surface area contributed by atoms with E-state index in [2.05, 4.69) is 45.7 Å². The fraction of sp³-hybridized carbons (Fsp3) is 0.514. The Morgan fingerprint density at radius 1 is 0.771 bits per heavy atom. The lowest BCUT2D eigenvalue weighted by molar-refractivity contribution is -0.158. The van der Waals surface area contributed by atoms with Gasteiger partial charge in [0, 0.05) is 13.1 Å². The van der Waals surface area contributed by atoms with Gasteiger partial charge in [-0.3, -0.25) is 19.2 Å². The molecule has 4 amide bonds. The smallest absolute Gasteiger partial charge is 0.334 e. The zero-order chi connectivity index (χ0) is 34.2. The summed E-state index contributed by atoms with van der Waals surface area (Å²) in [5.74, 6) is -2.39. The largest absolute Gasteiger partial charge is 0.377 e. The number of ether oxygens (including phenoxy) is 3. The lowest BCUT2D eigenvalue weighted by Gasteiger charge is -2.19. The fourth-order valence-electron chi connectivity index (χ4n) is 4.85. The normalized spacial score (nSPS) is 17.1. The van der Waals surface area contributed by atoms with Gasteiger partial charge < -0.3 is 35.0 Å². The quantitative estimate of drug-likeness (QED) is 0.206. The van der Waals surface area contributed by atoms with Gasteiger partial charge in [0.05, 0.1) is 39.3 Å². The molecule has 48 heavy (non-hydrogen) atoms. The first kappa shape index (κ1) is 38.1. The molecule has 2 aromatic carbocycles. The van der Waals surface area contributed by atoms with Crippen molar-refractivity contribution in [1.82, 2.24) is 21.4 Å². The van der Waals surface area contributed by atoms with Crippen LogP contribution in [0.15, 0.2) is 54.6 Å². The van der Waals surface area contributed by atoms with Gasteiger partial charge in [-0.1, -0.05) is 54.6 Å². The molecule has 13 heteroatoms. The van der Waals surface area contributed by atoms with Gasteiger partial charge in [-0.2, -0.15) is 5.48 Å². The number of aryl methyl sites for hydroxylation is 2. The second-order valence-corrected chi connectivity index (χ2v) is 11.4. The first-order valence-corrected chi connectivity index (χ1v) is 16.6. The molecule has 4 N–H and O–H groups in total. The third-order valence-electron chi connectivity index (χ3n) is 7.42. The van der Waals surface area contributed by atoms with E-state index in [-0.39, 0.29) is 64.9 Å². The van der Waals surface area contributed by atoms with E-state index in [0.717, 1.165) is 31.2 Å². The molecule has 0 unspecified atom stereocenters. The molecule has 1 atom stereocenters. The minimum absolute atomic E-state index is 0.0495. The van der Waals surface area contributed by atoms with E-state index in [1.165, 1.54) is 11.1 Å². The van der Waals surface area contributed by atoms with Crippen molar-refractivity contribution >= 4 is 29.6 Å². The van der Waals surface area contributed by atoms with Gasteiger partial charge >= 0.3 is 5.97 Å². The van der Waals surface area contributed by atoms with E-state index >= 15 is 0 Å². The van der Waals surface area contributed by atoms with E-state index in [4.69, 9.17) is 19.0 Å². The van der Waals surface area contributed by atoms with E-state index in [0.29, 0.717) is 25.8 Å². The molecule has 1 heterocycles. The monoisotopic (exact) mass is 668 g/mol. The van der Waals surface area contributed by atoms with Crippen LogP contribution in [0.2, 0.25) is 0 Å². The number of amides is 4. The number of rotatable bonds is 11. The van der Waals surface area contributed by atoms with Gasteiger partial charge in [-0.05, 0) is 61.6 Å². The van der Waals surface area contributed by atoms with Crippen LogP contribution in [0.5, 0.6) is 0 Å². The lowest BCUT2D eigenvalue weighted by Crippen LogP contribution is -2.48. The molecule has 0 bridgehead atoms. The number of hydrogen-bond donors (Lipinski definition) is 4. The van der Waals surface area contributed by atoms with Crippen LogP contribution >= 0.6 is 0 Å². The summed E-state index contributed by atoms with van der Waals surface area (Å²) < 4.78 is 15.9. The minimum Gasteiger partial charge on any atom is -0.377 e. The number of unbranched alkanes of at least 4 members (excludes halogenated alkanes) is 1. The zero-order valence-electron chi connectivity index (χ0n) is 27.5. The predicted molar refractivity (Wildman–Crippen MR) is 176 cm³/mol. The van der Waals surface area contributed by atoms with Crippen molar-refractivity contribution in [1.29, 1.82) is 0 Å². The zero-order valence-corrected chi connectivity index (χ0v) is 27.5. The van der Waals surface area contributed by atoms with Crippen LogP contribution in [0.1, 0.15) is 55.2 Å². The Morgan fingerprint density at radius 2 is 1.40 bits per heavy atom. The van der Waals surface area contributed by atoms with Crippen molar-refractivity contribution in [3.63, 3.8) is 0 Å². The summed E-state index contributed by atoms with van der Waals surface area (Å²) in [5, 5.41) is 8.02. The minimum atomic E-state index is -0.869. The first-order chi connectivity index (χ1) is 23.4. The first-order valence-electron chi connectivity index (χ1n) is 16.6. The van der Waals surface area contributed by atoms with Gasteiger partial charge in [0.1, 0.15) is 19.3 Å². The second kappa shape index (κ2) is 23.1. The highest BCUT2D eigenvalue weighted by molar-refractivity contribution is 5.88. The molecule has 2 aromatic rings. The Labute approximate surface area is 281 Å². The predicted octanol–water partition coefficient (Wildman–Crippen LogP) is 1.71. The van der Waals surface area contributed by atoms with Gasteiger partial charge in [-0.25, -0.2) is 4.79 Å². The highest BCUT2D eigenvalue weighted by Gasteiger charge is 2.21. The van der Waals surface area contributed by atoms with E-state index in [9.17, 15) is 24.0 Å². The van der Waals surface area contributed by atoms with Gasteiger partial charge in [0.2, 0.25) is 17.7 Å². The highest BCUT2D eigenvalue weighted by Crippen LogP contribution is 2.11. The molecule has 1 saturated heterocycles. The van der Waals surface area contributed by atoms with Crippen molar-refractivity contribution in [2.45, 2.75) is 63.8 Å². The van der Waals surface area contributed by atoms with E-state index < -0.39 is 29.7 Å². The molecule has 262 valence electrons. The topological polar surface area (TPSA) is 170 Å². The number of carbonyl (C=O) groups excluding carboxylic acids is 5. The van der Waals surface area contributed by atoms with Crippen LogP contribution in [-0.4, -0.2) is 88.4 Å². The number of hydrogen-bond acceptors (Lipinski definition) is 9. The maximum atomic E-state index is 12.8. The Balaban J connectivity index is 1.32. The van der Waals surface area contributed by atoms with Crippen molar-refractivity contribution < 1.29 is 43.0 Å². The fourth-order valence-corrected chi connectivity index (χ4v) is 4.85. The number of benzene rings is 2. The van der Waals surface area contributed by atoms with E-state index in [1.807, 2.05) is 30.3 Å². The third kappa shape index (κ3) is 17.0. The van der Waals surface area contributed by atoms with Gasteiger partial charge in [0.25, 0.3) is 5.91 Å². The number of carbonyl (C=O) groups is 5. The van der Waals surface area contributed by atoms with Crippen molar-refractivity contribution in [3.8, 4) is 0 Å². The van der Waals surface area contributed by atoms with Crippen LogP contribution in [0, 0.1) is 0 Å². The number of nitrogens with one attached hydrogen (secondary N) is 4. The van der Waals surface area contributed by atoms with Crippen LogP contribution < -0.4 is 21.4 Å². The van der Waals surface area contributed by atoms with Crippen LogP contribution in [0.4, 0.5) is 0 Å². The Hall–Kier alpha value is -4.33. The van der Waals surface area contributed by atoms with Crippen LogP contribution in [0.25, 0.3) is 0 Å². The molecule has 0 aliphatic carbocycles. The molecule has 0 saturated carbocycles. The molecule has 1 aliphatic heterocycles. The molecule has 3 rings (SSSR count). The summed E-state index contributed by atoms with van der Waals surface area (Å²) in [5.41, 5.74) is 5.49. The lowest BCUT2D eigenvalue weighted by atomic mass is 10.0. The van der Waals surface area contributed by atoms with Crippen molar-refractivity contribution in [3.05, 3.63) is 71.3 Å². The standard InChI is InChI=1S/C35H48N4O9/c40-31(24-29-15-13-28(14-16-29)11-5-4-10-27-8-2-1-3-9-27)39-48-34(43)17-19-37-35(44)30-12-6-7-18-36-32(41)25-46-22-20-45-21-23-47-26-33(42)38-30/h1-3,8-9,13-16,30H,4-7,10-12,17-26H2,(H,36,41)(H,37,44)(H,38,42)(H,39,40)/t30-/m0/s1. The molecule has 0 spiro atoms. The maximum Gasteiger partial charge on any atom is 0.334 e. The molecule has 1 aliphatic rings. The van der Waals surface area contributed by atoms with Crippen molar-refractivity contribution in [2.24, 2.45) is 0 Å². The summed E-state index contributed by atoms with van der Waals surface area (Å²) in [4.78, 5) is 66.4. The SMILES string of the molecule is O=C1COCCOCCOCC(=O)N[C@H](C(=O)NCCC(=O)ONC(=O)Cc2ccc(CCCCc3ccccc3)cc2)CCCCN1. The molecular formula is C35H48N4O9. The summed E-state index contributed by atoms with van der Waals surface area (Å²) in [7, 11) is 0. The average Bonchev–Trinajstić information content (AvgIpc) is 3.08. The van der Waals surface area contributed by atoms with Gasteiger partial charge in [0.15, 0.2) is 0 Å². The maximum absolute atomic E-state index is 12.8. The molecule has 1 fully saturated rings. The number of hydroxylamine groups is 1. The van der Waals surface area contributed by atoms with Crippen LogP contribution in [0.3, 0.4) is 0 Å². The summed E-state index contributed by atoms with van der Waals surface area (Å²) in [6, 6.07) is 17.3. The van der Waals surface area contributed by atoms with Gasteiger partial charge in [-0.15, -0.1) is 0 Å². The van der Waals surface area contributed by atoms with Crippen molar-refractivity contribution in [2.75, 3.05) is 52.7 Å². The Kier molecular flexibility index (Phi) is 18.3. The molecule has 13 nitrogen and oxygen atoms in total. The third-order valence-corrected chi connectivity index (χ3v) is 7.42. The molecule has 0 aromatic heterocycles. The van der Waals surface area contributed by atoms with E-state index in [1.54, 1.807) is 0 Å². The Bertz CT molecular complexity index is 1270. The average molecular weight is 669 g/mol. The van der Waals surface area contributed by atoms with Crippen LogP contribution in [-0.2, 0) is 62.3 Å². The molecular weight excluding hydrogens is 620 g/mol. The highest BCUT2D eigenvalue weighted by atomic mass is 16.7. The summed E-state index contributed by atoms with van der Waals surface area (Å²) in [6.45, 7) is 0.985. The summed E-state index contributed by atoms with van der Waals surface area (Å²) in [6.07, 6.45) is 5.47. The second-order valence-electron chi connectivity index (χ2n) is 11.4. The Morgan fingerprint density at radius 3 is 2.10 bits per heavy atom. The molecule has 0 radical (unpaired) electrons.